The lowest BCUT2D eigenvalue weighted by Crippen LogP contribution is -2.28. The first-order valence-electron chi connectivity index (χ1n) is 7.23. The molecule has 0 radical (unpaired) electrons. The van der Waals surface area contributed by atoms with Gasteiger partial charge in [0.2, 0.25) is 5.95 Å². The average molecular weight is 289 g/mol. The quantitative estimate of drug-likeness (QED) is 0.907. The van der Waals surface area contributed by atoms with E-state index >= 15 is 0 Å². The molecular weight excluding hydrogens is 270 g/mol. The van der Waals surface area contributed by atoms with Gasteiger partial charge in [0, 0.05) is 30.1 Å². The Morgan fingerprint density at radius 2 is 2.20 bits per heavy atom. The van der Waals surface area contributed by atoms with Crippen molar-refractivity contribution in [2.24, 2.45) is 0 Å². The third-order valence-electron chi connectivity index (χ3n) is 4.16. The van der Waals surface area contributed by atoms with Crippen molar-refractivity contribution in [1.29, 1.82) is 0 Å². The van der Waals surface area contributed by atoms with E-state index in [1.165, 1.54) is 30.7 Å². The molecule has 2 aliphatic rings. The van der Waals surface area contributed by atoms with Crippen LogP contribution in [0.25, 0.3) is 10.2 Å². The third-order valence-corrected chi connectivity index (χ3v) is 5.10. The van der Waals surface area contributed by atoms with Crippen LogP contribution in [0.1, 0.15) is 24.1 Å². The van der Waals surface area contributed by atoms with Crippen LogP contribution in [0, 0.1) is 6.92 Å². The molecule has 2 aromatic rings. The smallest absolute Gasteiger partial charge is 0.223 e. The van der Waals surface area contributed by atoms with E-state index in [2.05, 4.69) is 33.2 Å². The SMILES string of the molecule is Cc1cc2c(NC3CCN(C4CC4)C3)nc(N)nc2s1. The average Bonchev–Trinajstić information content (AvgIpc) is 3.03. The van der Waals surface area contributed by atoms with Crippen LogP contribution in [0.5, 0.6) is 0 Å². The van der Waals surface area contributed by atoms with Crippen LogP contribution < -0.4 is 11.1 Å². The summed E-state index contributed by atoms with van der Waals surface area (Å²) in [5.41, 5.74) is 5.83. The summed E-state index contributed by atoms with van der Waals surface area (Å²) < 4.78 is 0. The van der Waals surface area contributed by atoms with Gasteiger partial charge in [0.15, 0.2) is 0 Å². The second kappa shape index (κ2) is 4.56. The highest BCUT2D eigenvalue weighted by atomic mass is 32.1. The number of nitrogen functional groups attached to an aromatic ring is 1. The maximum Gasteiger partial charge on any atom is 0.223 e. The number of hydrogen-bond acceptors (Lipinski definition) is 6. The van der Waals surface area contributed by atoms with E-state index in [0.29, 0.717) is 12.0 Å². The van der Waals surface area contributed by atoms with E-state index in [0.717, 1.165) is 28.6 Å². The summed E-state index contributed by atoms with van der Waals surface area (Å²) in [6.07, 6.45) is 3.94. The largest absolute Gasteiger partial charge is 0.368 e. The lowest BCUT2D eigenvalue weighted by molar-refractivity contribution is 0.326. The molecule has 1 atom stereocenters. The Kier molecular flexibility index (Phi) is 2.82. The maximum atomic E-state index is 5.83. The number of likely N-dealkylation sites (tertiary alicyclic amines) is 1. The van der Waals surface area contributed by atoms with Gasteiger partial charge < -0.3 is 11.1 Å². The first-order valence-corrected chi connectivity index (χ1v) is 8.05. The fraction of sp³-hybridized carbons (Fsp3) is 0.571. The van der Waals surface area contributed by atoms with Gasteiger partial charge in [-0.2, -0.15) is 4.98 Å². The number of hydrogen-bond donors (Lipinski definition) is 2. The molecule has 3 N–H and O–H groups in total. The monoisotopic (exact) mass is 289 g/mol. The molecule has 20 heavy (non-hydrogen) atoms. The minimum Gasteiger partial charge on any atom is -0.368 e. The lowest BCUT2D eigenvalue weighted by Gasteiger charge is -2.16. The van der Waals surface area contributed by atoms with Gasteiger partial charge in [-0.1, -0.05) is 0 Å². The van der Waals surface area contributed by atoms with Crippen molar-refractivity contribution in [2.75, 3.05) is 24.1 Å². The molecular formula is C14H19N5S. The molecule has 0 aromatic carbocycles. The van der Waals surface area contributed by atoms with Gasteiger partial charge in [0.1, 0.15) is 10.6 Å². The van der Waals surface area contributed by atoms with E-state index in [-0.39, 0.29) is 0 Å². The highest BCUT2D eigenvalue weighted by Crippen LogP contribution is 2.32. The van der Waals surface area contributed by atoms with Crippen LogP contribution in [0.2, 0.25) is 0 Å². The van der Waals surface area contributed by atoms with E-state index in [1.807, 2.05) is 0 Å². The number of aryl methyl sites for hydroxylation is 1. The van der Waals surface area contributed by atoms with Crippen LogP contribution in [-0.2, 0) is 0 Å². The van der Waals surface area contributed by atoms with Crippen LogP contribution in [-0.4, -0.2) is 40.0 Å². The molecule has 1 aliphatic heterocycles. The molecule has 0 bridgehead atoms. The molecule has 2 fully saturated rings. The van der Waals surface area contributed by atoms with Crippen molar-refractivity contribution in [2.45, 2.75) is 38.3 Å². The summed E-state index contributed by atoms with van der Waals surface area (Å²) in [7, 11) is 0. The van der Waals surface area contributed by atoms with Crippen molar-refractivity contribution in [3.8, 4) is 0 Å². The second-order valence-corrected chi connectivity index (χ2v) is 7.10. The van der Waals surface area contributed by atoms with Gasteiger partial charge in [-0.25, -0.2) is 4.98 Å². The number of fused-ring (bicyclic) bond motifs is 1. The van der Waals surface area contributed by atoms with Crippen molar-refractivity contribution >= 4 is 33.3 Å². The standard InChI is InChI=1S/C14H19N5S/c1-8-6-11-12(17-14(15)18-13(11)20-8)16-9-4-5-19(7-9)10-2-3-10/h6,9-10H,2-5,7H2,1H3,(H3,15,16,17,18). The van der Waals surface area contributed by atoms with Crippen molar-refractivity contribution in [3.05, 3.63) is 10.9 Å². The topological polar surface area (TPSA) is 67.1 Å². The Morgan fingerprint density at radius 1 is 1.35 bits per heavy atom. The Morgan fingerprint density at radius 3 is 3.00 bits per heavy atom. The Balaban J connectivity index is 1.58. The number of nitrogens with two attached hydrogens (primary N) is 1. The molecule has 3 heterocycles. The van der Waals surface area contributed by atoms with Crippen molar-refractivity contribution < 1.29 is 0 Å². The van der Waals surface area contributed by atoms with Gasteiger partial charge in [0.05, 0.1) is 5.39 Å². The van der Waals surface area contributed by atoms with Gasteiger partial charge >= 0.3 is 0 Å². The number of nitrogens with one attached hydrogen (secondary N) is 1. The first kappa shape index (κ1) is 12.3. The summed E-state index contributed by atoms with van der Waals surface area (Å²) in [6, 6.07) is 3.48. The first-order chi connectivity index (χ1) is 9.69. The van der Waals surface area contributed by atoms with E-state index in [9.17, 15) is 0 Å². The molecule has 2 aromatic heterocycles. The minimum absolute atomic E-state index is 0.360. The van der Waals surface area contributed by atoms with E-state index < -0.39 is 0 Å². The van der Waals surface area contributed by atoms with Crippen LogP contribution in [0.4, 0.5) is 11.8 Å². The molecule has 1 aliphatic carbocycles. The third kappa shape index (κ3) is 2.23. The maximum absolute atomic E-state index is 5.83. The highest BCUT2D eigenvalue weighted by Gasteiger charge is 2.34. The normalized spacial score (nSPS) is 23.6. The number of nitrogens with zero attached hydrogens (tertiary/aromatic N) is 3. The van der Waals surface area contributed by atoms with Crippen molar-refractivity contribution in [1.82, 2.24) is 14.9 Å². The zero-order chi connectivity index (χ0) is 13.7. The van der Waals surface area contributed by atoms with Gasteiger partial charge in [-0.05, 0) is 32.3 Å². The van der Waals surface area contributed by atoms with Gasteiger partial charge in [-0.15, -0.1) is 11.3 Å². The minimum atomic E-state index is 0.360. The molecule has 4 rings (SSSR count). The molecule has 0 spiro atoms. The summed E-state index contributed by atoms with van der Waals surface area (Å²) in [6.45, 7) is 4.42. The zero-order valence-electron chi connectivity index (χ0n) is 11.6. The number of aromatic nitrogens is 2. The highest BCUT2D eigenvalue weighted by molar-refractivity contribution is 7.18. The van der Waals surface area contributed by atoms with E-state index in [1.54, 1.807) is 11.3 Å². The Bertz CT molecular complexity index is 648. The summed E-state index contributed by atoms with van der Waals surface area (Å²) in [4.78, 5) is 13.5. The Labute approximate surface area is 122 Å². The van der Waals surface area contributed by atoms with Gasteiger partial charge in [0.25, 0.3) is 0 Å². The lowest BCUT2D eigenvalue weighted by atomic mass is 10.2. The number of rotatable bonds is 3. The number of thiophene rings is 1. The molecule has 1 saturated heterocycles. The van der Waals surface area contributed by atoms with E-state index in [4.69, 9.17) is 5.73 Å². The summed E-state index contributed by atoms with van der Waals surface area (Å²) in [5, 5.41) is 4.69. The Hall–Kier alpha value is -1.40. The number of anilines is 2. The molecule has 6 heteroatoms. The second-order valence-electron chi connectivity index (χ2n) is 5.86. The molecule has 0 amide bonds. The van der Waals surface area contributed by atoms with Crippen LogP contribution >= 0.6 is 11.3 Å². The predicted octanol–water partition coefficient (Wildman–Crippen LogP) is 2.23. The van der Waals surface area contributed by atoms with Crippen LogP contribution in [0.15, 0.2) is 6.07 Å². The fourth-order valence-electron chi connectivity index (χ4n) is 3.04. The van der Waals surface area contributed by atoms with Crippen molar-refractivity contribution in [3.63, 3.8) is 0 Å². The zero-order valence-corrected chi connectivity index (χ0v) is 12.4. The van der Waals surface area contributed by atoms with Gasteiger partial charge in [-0.3, -0.25) is 4.90 Å². The molecule has 5 nitrogen and oxygen atoms in total. The summed E-state index contributed by atoms with van der Waals surface area (Å²) in [5.74, 6) is 1.26. The fourth-order valence-corrected chi connectivity index (χ4v) is 3.92. The molecule has 1 unspecified atom stereocenters. The summed E-state index contributed by atoms with van der Waals surface area (Å²) >= 11 is 1.67. The van der Waals surface area contributed by atoms with Crippen LogP contribution in [0.3, 0.4) is 0 Å². The molecule has 1 saturated carbocycles. The predicted molar refractivity (Wildman–Crippen MR) is 83.2 cm³/mol. The molecule has 106 valence electrons.